The van der Waals surface area contributed by atoms with Crippen LogP contribution in [0.1, 0.15) is 13.3 Å². The first-order valence-electron chi connectivity index (χ1n) is 5.77. The van der Waals surface area contributed by atoms with Crippen molar-refractivity contribution in [3.63, 3.8) is 0 Å². The highest BCUT2D eigenvalue weighted by molar-refractivity contribution is 7.90. The van der Waals surface area contributed by atoms with Gasteiger partial charge in [-0.05, 0) is 24.5 Å². The van der Waals surface area contributed by atoms with E-state index in [1.807, 2.05) is 6.92 Å². The van der Waals surface area contributed by atoms with E-state index in [-0.39, 0.29) is 16.7 Å². The molecule has 1 aromatic carbocycles. The summed E-state index contributed by atoms with van der Waals surface area (Å²) in [5.74, 6) is -0.373. The fourth-order valence-electron chi connectivity index (χ4n) is 1.95. The van der Waals surface area contributed by atoms with Crippen molar-refractivity contribution in [2.24, 2.45) is 11.8 Å². The Bertz CT molecular complexity index is 753. The predicted octanol–water partition coefficient (Wildman–Crippen LogP) is 1.15. The number of carbonyl (C=O) groups is 1. The summed E-state index contributed by atoms with van der Waals surface area (Å²) >= 11 is 0.944. The zero-order valence-electron chi connectivity index (χ0n) is 10.0. The lowest BCUT2D eigenvalue weighted by atomic mass is 10.3. The molecule has 1 aliphatic carbocycles. The molecule has 2 atom stereocenters. The second kappa shape index (κ2) is 4.24. The van der Waals surface area contributed by atoms with Gasteiger partial charge in [-0.3, -0.25) is 4.79 Å². The van der Waals surface area contributed by atoms with Crippen molar-refractivity contribution in [3.05, 3.63) is 18.2 Å². The molecule has 0 aliphatic heterocycles. The number of amides is 1. The first-order chi connectivity index (χ1) is 8.99. The van der Waals surface area contributed by atoms with Gasteiger partial charge in [0.05, 0.1) is 11.7 Å². The van der Waals surface area contributed by atoms with E-state index in [1.54, 1.807) is 12.1 Å². The van der Waals surface area contributed by atoms with Crippen LogP contribution in [0.5, 0.6) is 0 Å². The van der Waals surface area contributed by atoms with Crippen LogP contribution in [0.25, 0.3) is 11.0 Å². The van der Waals surface area contributed by atoms with E-state index in [0.717, 1.165) is 18.1 Å². The lowest BCUT2D eigenvalue weighted by Crippen LogP contribution is -2.32. The normalized spacial score (nSPS) is 22.4. The van der Waals surface area contributed by atoms with Gasteiger partial charge in [0, 0.05) is 5.92 Å². The van der Waals surface area contributed by atoms with Crippen molar-refractivity contribution in [3.8, 4) is 0 Å². The average molecular weight is 297 g/mol. The molecule has 100 valence electrons. The molecular weight excluding hydrogens is 286 g/mol. The van der Waals surface area contributed by atoms with E-state index in [0.29, 0.717) is 11.0 Å². The van der Waals surface area contributed by atoms with E-state index >= 15 is 0 Å². The van der Waals surface area contributed by atoms with Crippen LogP contribution in [-0.2, 0) is 14.8 Å². The van der Waals surface area contributed by atoms with Gasteiger partial charge < -0.3 is 0 Å². The summed E-state index contributed by atoms with van der Waals surface area (Å²) in [6.45, 7) is 1.92. The molecule has 1 saturated carbocycles. The molecule has 1 aliphatic rings. The standard InChI is InChI=1S/C11H11N3O3S2/c1-6-5-7(6)11(15)14-19(16,17)9-4-2-3-8-10(9)13-18-12-8/h2-4,6-7H,5H2,1H3,(H,14,15). The Labute approximate surface area is 114 Å². The van der Waals surface area contributed by atoms with Gasteiger partial charge in [0.2, 0.25) is 5.91 Å². The highest BCUT2D eigenvalue weighted by Gasteiger charge is 2.41. The molecule has 2 aromatic rings. The van der Waals surface area contributed by atoms with Crippen LogP contribution in [-0.4, -0.2) is 23.1 Å². The molecule has 19 heavy (non-hydrogen) atoms. The maximum atomic E-state index is 12.2. The summed E-state index contributed by atoms with van der Waals surface area (Å²) in [6, 6.07) is 4.70. The Balaban J connectivity index is 1.96. The number of fused-ring (bicyclic) bond motifs is 1. The Morgan fingerprint density at radius 1 is 1.42 bits per heavy atom. The van der Waals surface area contributed by atoms with Gasteiger partial charge in [0.15, 0.2) is 0 Å². The molecular formula is C11H11N3O3S2. The quantitative estimate of drug-likeness (QED) is 0.918. The van der Waals surface area contributed by atoms with E-state index in [2.05, 4.69) is 13.5 Å². The zero-order valence-corrected chi connectivity index (χ0v) is 11.7. The number of carbonyl (C=O) groups excluding carboxylic acids is 1. The maximum Gasteiger partial charge on any atom is 0.266 e. The lowest BCUT2D eigenvalue weighted by molar-refractivity contribution is -0.120. The lowest BCUT2D eigenvalue weighted by Gasteiger charge is -2.06. The predicted molar refractivity (Wildman–Crippen MR) is 70.0 cm³/mol. The number of nitrogens with zero attached hydrogens (tertiary/aromatic N) is 2. The third-order valence-corrected chi connectivity index (χ3v) is 5.14. The van der Waals surface area contributed by atoms with Gasteiger partial charge in [-0.15, -0.1) is 0 Å². The molecule has 1 heterocycles. The van der Waals surface area contributed by atoms with Gasteiger partial charge in [-0.2, -0.15) is 8.75 Å². The first-order valence-corrected chi connectivity index (χ1v) is 7.98. The van der Waals surface area contributed by atoms with Gasteiger partial charge in [0.25, 0.3) is 10.0 Å². The van der Waals surface area contributed by atoms with Crippen LogP contribution in [0, 0.1) is 11.8 Å². The summed E-state index contributed by atoms with van der Waals surface area (Å²) < 4.78 is 34.5. The number of aromatic nitrogens is 2. The summed E-state index contributed by atoms with van der Waals surface area (Å²) in [5.41, 5.74) is 0.816. The molecule has 1 aromatic heterocycles. The number of rotatable bonds is 3. The van der Waals surface area contributed by atoms with Crippen molar-refractivity contribution in [1.29, 1.82) is 0 Å². The van der Waals surface area contributed by atoms with Crippen molar-refractivity contribution < 1.29 is 13.2 Å². The topological polar surface area (TPSA) is 89.0 Å². The summed E-state index contributed by atoms with van der Waals surface area (Å²) in [7, 11) is -3.88. The minimum Gasteiger partial charge on any atom is -0.274 e. The molecule has 1 amide bonds. The number of hydrogen-bond donors (Lipinski definition) is 1. The summed E-state index contributed by atoms with van der Waals surface area (Å²) in [4.78, 5) is 11.8. The molecule has 6 nitrogen and oxygen atoms in total. The number of benzene rings is 1. The van der Waals surface area contributed by atoms with Gasteiger partial charge in [-0.1, -0.05) is 13.0 Å². The van der Waals surface area contributed by atoms with Crippen LogP contribution < -0.4 is 4.72 Å². The van der Waals surface area contributed by atoms with Crippen LogP contribution >= 0.6 is 11.7 Å². The monoisotopic (exact) mass is 297 g/mol. The molecule has 0 saturated heterocycles. The van der Waals surface area contributed by atoms with Crippen molar-refractivity contribution in [1.82, 2.24) is 13.5 Å². The number of nitrogens with one attached hydrogen (secondary N) is 1. The smallest absolute Gasteiger partial charge is 0.266 e. The Morgan fingerprint density at radius 3 is 2.84 bits per heavy atom. The van der Waals surface area contributed by atoms with Crippen LogP contribution in [0.2, 0.25) is 0 Å². The highest BCUT2D eigenvalue weighted by atomic mass is 32.2. The Kier molecular flexibility index (Phi) is 2.79. The molecule has 0 bridgehead atoms. The second-order valence-corrected chi connectivity index (χ2v) is 6.86. The van der Waals surface area contributed by atoms with E-state index in [4.69, 9.17) is 0 Å². The zero-order chi connectivity index (χ0) is 13.6. The highest BCUT2D eigenvalue weighted by Crippen LogP contribution is 2.38. The molecule has 8 heteroatoms. The summed E-state index contributed by atoms with van der Waals surface area (Å²) in [5, 5.41) is 0. The van der Waals surface area contributed by atoms with E-state index < -0.39 is 15.9 Å². The number of sulfonamides is 1. The van der Waals surface area contributed by atoms with Crippen molar-refractivity contribution in [2.75, 3.05) is 0 Å². The first kappa shape index (κ1) is 12.5. The van der Waals surface area contributed by atoms with Crippen LogP contribution in [0.15, 0.2) is 23.1 Å². The minimum absolute atomic E-state index is 0.000373. The Morgan fingerprint density at radius 2 is 2.16 bits per heavy atom. The molecule has 1 fully saturated rings. The molecule has 1 N–H and O–H groups in total. The van der Waals surface area contributed by atoms with Crippen molar-refractivity contribution >= 4 is 38.7 Å². The molecule has 2 unspecified atom stereocenters. The molecule has 3 rings (SSSR count). The second-order valence-electron chi connectivity index (χ2n) is 4.68. The fourth-order valence-corrected chi connectivity index (χ4v) is 3.74. The molecule has 0 spiro atoms. The van der Waals surface area contributed by atoms with Crippen LogP contribution in [0.4, 0.5) is 0 Å². The van der Waals surface area contributed by atoms with Gasteiger partial charge >= 0.3 is 0 Å². The van der Waals surface area contributed by atoms with Crippen molar-refractivity contribution in [2.45, 2.75) is 18.2 Å². The van der Waals surface area contributed by atoms with Crippen LogP contribution in [0.3, 0.4) is 0 Å². The fraction of sp³-hybridized carbons (Fsp3) is 0.364. The molecule has 0 radical (unpaired) electrons. The number of hydrogen-bond acceptors (Lipinski definition) is 6. The average Bonchev–Trinajstić information content (AvgIpc) is 2.90. The Hall–Kier alpha value is -1.54. The SMILES string of the molecule is CC1CC1C(=O)NS(=O)(=O)c1cccc2nsnc12. The van der Waals surface area contributed by atoms with Gasteiger partial charge in [0.1, 0.15) is 15.9 Å². The third kappa shape index (κ3) is 2.21. The van der Waals surface area contributed by atoms with Gasteiger partial charge in [-0.25, -0.2) is 13.1 Å². The van der Waals surface area contributed by atoms with E-state index in [1.165, 1.54) is 6.07 Å². The van der Waals surface area contributed by atoms with E-state index in [9.17, 15) is 13.2 Å². The maximum absolute atomic E-state index is 12.2. The largest absolute Gasteiger partial charge is 0.274 e. The summed E-state index contributed by atoms with van der Waals surface area (Å²) in [6.07, 6.45) is 0.740. The third-order valence-electron chi connectivity index (χ3n) is 3.22. The minimum atomic E-state index is -3.88.